The van der Waals surface area contributed by atoms with Crippen LogP contribution in [0.2, 0.25) is 0 Å². The highest BCUT2D eigenvalue weighted by Gasteiger charge is 1.97. The first-order valence-corrected chi connectivity index (χ1v) is 3.44. The molecule has 0 aliphatic carbocycles. The van der Waals surface area contributed by atoms with E-state index < -0.39 is 0 Å². The second kappa shape index (κ2) is 5.16. The first-order valence-electron chi connectivity index (χ1n) is 2.93. The molecule has 0 aromatic heterocycles. The third kappa shape index (κ3) is 4.19. The molecule has 1 atom stereocenters. The SMILES string of the molecule is CCC[C@H](S)CC=O. The Morgan fingerprint density at radius 2 is 2.38 bits per heavy atom. The normalized spacial score (nSPS) is 13.2. The summed E-state index contributed by atoms with van der Waals surface area (Å²) >= 11 is 4.16. The number of rotatable bonds is 4. The van der Waals surface area contributed by atoms with Gasteiger partial charge in [0, 0.05) is 11.7 Å². The zero-order valence-electron chi connectivity index (χ0n) is 5.13. The van der Waals surface area contributed by atoms with Crippen molar-refractivity contribution < 1.29 is 4.79 Å². The Bertz CT molecular complexity index is 63.5. The van der Waals surface area contributed by atoms with Gasteiger partial charge in [0.15, 0.2) is 0 Å². The topological polar surface area (TPSA) is 17.1 Å². The van der Waals surface area contributed by atoms with Crippen LogP contribution in [-0.4, -0.2) is 11.5 Å². The molecule has 0 aliphatic rings. The minimum absolute atomic E-state index is 0.289. The van der Waals surface area contributed by atoms with Gasteiger partial charge in [-0.1, -0.05) is 13.3 Å². The van der Waals surface area contributed by atoms with Crippen LogP contribution in [0.1, 0.15) is 26.2 Å². The zero-order valence-corrected chi connectivity index (χ0v) is 6.03. The minimum atomic E-state index is 0.289. The average molecular weight is 132 g/mol. The minimum Gasteiger partial charge on any atom is -0.303 e. The number of hydrogen-bond donors (Lipinski definition) is 1. The first-order chi connectivity index (χ1) is 3.81. The zero-order chi connectivity index (χ0) is 6.41. The molecule has 0 rings (SSSR count). The van der Waals surface area contributed by atoms with Gasteiger partial charge in [-0.05, 0) is 6.42 Å². The van der Waals surface area contributed by atoms with E-state index in [-0.39, 0.29) is 5.25 Å². The van der Waals surface area contributed by atoms with Crippen molar-refractivity contribution in [2.24, 2.45) is 0 Å². The monoisotopic (exact) mass is 132 g/mol. The summed E-state index contributed by atoms with van der Waals surface area (Å²) in [5, 5.41) is 0.289. The van der Waals surface area contributed by atoms with Crippen LogP contribution in [0.25, 0.3) is 0 Å². The van der Waals surface area contributed by atoms with Crippen LogP contribution in [0, 0.1) is 0 Å². The molecule has 0 bridgehead atoms. The molecular weight excluding hydrogens is 120 g/mol. The fraction of sp³-hybridized carbons (Fsp3) is 0.833. The maximum atomic E-state index is 9.84. The highest BCUT2D eigenvalue weighted by molar-refractivity contribution is 7.81. The van der Waals surface area contributed by atoms with Crippen molar-refractivity contribution in [3.05, 3.63) is 0 Å². The third-order valence-electron chi connectivity index (χ3n) is 0.990. The van der Waals surface area contributed by atoms with Crippen molar-refractivity contribution in [2.75, 3.05) is 0 Å². The lowest BCUT2D eigenvalue weighted by Crippen LogP contribution is -1.97. The van der Waals surface area contributed by atoms with Gasteiger partial charge in [-0.2, -0.15) is 12.6 Å². The predicted molar refractivity (Wildman–Crippen MR) is 38.4 cm³/mol. The largest absolute Gasteiger partial charge is 0.303 e. The fourth-order valence-corrected chi connectivity index (χ4v) is 0.906. The summed E-state index contributed by atoms with van der Waals surface area (Å²) in [6, 6.07) is 0. The van der Waals surface area contributed by atoms with Gasteiger partial charge in [0.1, 0.15) is 6.29 Å². The van der Waals surface area contributed by atoms with E-state index in [1.165, 1.54) is 0 Å². The van der Waals surface area contributed by atoms with Gasteiger partial charge in [0.25, 0.3) is 0 Å². The molecular formula is C6H12OS. The number of thiol groups is 1. The van der Waals surface area contributed by atoms with Crippen LogP contribution in [0.5, 0.6) is 0 Å². The van der Waals surface area contributed by atoms with Crippen molar-refractivity contribution in [3.8, 4) is 0 Å². The lowest BCUT2D eigenvalue weighted by molar-refractivity contribution is -0.107. The molecule has 0 aromatic rings. The third-order valence-corrected chi connectivity index (χ3v) is 1.46. The predicted octanol–water partition coefficient (Wildman–Crippen LogP) is 1.67. The van der Waals surface area contributed by atoms with Crippen molar-refractivity contribution in [3.63, 3.8) is 0 Å². The van der Waals surface area contributed by atoms with E-state index in [1.54, 1.807) is 0 Å². The van der Waals surface area contributed by atoms with Crippen molar-refractivity contribution >= 4 is 18.9 Å². The number of aldehydes is 1. The average Bonchev–Trinajstić information content (AvgIpc) is 1.68. The van der Waals surface area contributed by atoms with E-state index in [1.807, 2.05) is 0 Å². The van der Waals surface area contributed by atoms with E-state index in [0.717, 1.165) is 19.1 Å². The molecule has 0 saturated carbocycles. The van der Waals surface area contributed by atoms with Gasteiger partial charge in [-0.25, -0.2) is 0 Å². The molecule has 0 unspecified atom stereocenters. The molecule has 1 nitrogen and oxygen atoms in total. The van der Waals surface area contributed by atoms with Gasteiger partial charge >= 0.3 is 0 Å². The van der Waals surface area contributed by atoms with Crippen molar-refractivity contribution in [1.82, 2.24) is 0 Å². The maximum Gasteiger partial charge on any atom is 0.121 e. The van der Waals surface area contributed by atoms with Gasteiger partial charge in [0.2, 0.25) is 0 Å². The molecule has 0 aliphatic heterocycles. The van der Waals surface area contributed by atoms with E-state index >= 15 is 0 Å². The molecule has 48 valence electrons. The number of hydrogen-bond acceptors (Lipinski definition) is 2. The summed E-state index contributed by atoms with van der Waals surface area (Å²) < 4.78 is 0. The number of carbonyl (C=O) groups is 1. The van der Waals surface area contributed by atoms with E-state index in [0.29, 0.717) is 6.42 Å². The molecule has 8 heavy (non-hydrogen) atoms. The van der Waals surface area contributed by atoms with Crippen LogP contribution in [0.3, 0.4) is 0 Å². The van der Waals surface area contributed by atoms with Crippen LogP contribution in [0.4, 0.5) is 0 Å². The maximum absolute atomic E-state index is 9.84. The van der Waals surface area contributed by atoms with Gasteiger partial charge in [-0.15, -0.1) is 0 Å². The van der Waals surface area contributed by atoms with E-state index in [2.05, 4.69) is 19.6 Å². The molecule has 0 aromatic carbocycles. The highest BCUT2D eigenvalue weighted by Crippen LogP contribution is 2.05. The Hall–Kier alpha value is 0.0200. The lowest BCUT2D eigenvalue weighted by atomic mass is 10.2. The molecule has 0 N–H and O–H groups in total. The summed E-state index contributed by atoms with van der Waals surface area (Å²) in [6.45, 7) is 2.09. The Kier molecular flexibility index (Phi) is 5.18. The summed E-state index contributed by atoms with van der Waals surface area (Å²) in [6.07, 6.45) is 3.67. The second-order valence-electron chi connectivity index (χ2n) is 1.84. The Balaban J connectivity index is 3.03. The summed E-state index contributed by atoms with van der Waals surface area (Å²) in [7, 11) is 0. The van der Waals surface area contributed by atoms with E-state index in [9.17, 15) is 4.79 Å². The van der Waals surface area contributed by atoms with Crippen molar-refractivity contribution in [1.29, 1.82) is 0 Å². The molecule has 0 heterocycles. The van der Waals surface area contributed by atoms with Crippen LogP contribution >= 0.6 is 12.6 Å². The van der Waals surface area contributed by atoms with Crippen LogP contribution in [0.15, 0.2) is 0 Å². The Morgan fingerprint density at radius 1 is 1.75 bits per heavy atom. The highest BCUT2D eigenvalue weighted by atomic mass is 32.1. The Labute approximate surface area is 55.9 Å². The van der Waals surface area contributed by atoms with Gasteiger partial charge < -0.3 is 4.79 Å². The molecule has 0 amide bonds. The molecule has 0 radical (unpaired) electrons. The molecule has 0 saturated heterocycles. The smallest absolute Gasteiger partial charge is 0.121 e. The van der Waals surface area contributed by atoms with Crippen LogP contribution < -0.4 is 0 Å². The van der Waals surface area contributed by atoms with Gasteiger partial charge in [0.05, 0.1) is 0 Å². The summed E-state index contributed by atoms with van der Waals surface area (Å²) in [5.41, 5.74) is 0. The summed E-state index contributed by atoms with van der Waals surface area (Å²) in [4.78, 5) is 9.84. The lowest BCUT2D eigenvalue weighted by Gasteiger charge is -2.00. The summed E-state index contributed by atoms with van der Waals surface area (Å²) in [5.74, 6) is 0. The van der Waals surface area contributed by atoms with Gasteiger partial charge in [-0.3, -0.25) is 0 Å². The standard InChI is InChI=1S/C6H12OS/c1-2-3-6(8)4-5-7/h5-6,8H,2-4H2,1H3/t6-/m0/s1. The molecule has 2 heteroatoms. The first kappa shape index (κ1) is 8.02. The molecule has 0 spiro atoms. The van der Waals surface area contributed by atoms with Crippen LogP contribution in [-0.2, 0) is 4.79 Å². The number of carbonyl (C=O) groups excluding carboxylic acids is 1. The second-order valence-corrected chi connectivity index (χ2v) is 2.58. The Morgan fingerprint density at radius 3 is 2.75 bits per heavy atom. The molecule has 0 fully saturated rings. The van der Waals surface area contributed by atoms with Crippen molar-refractivity contribution in [2.45, 2.75) is 31.4 Å². The quantitative estimate of drug-likeness (QED) is 0.455. The fourth-order valence-electron chi connectivity index (χ4n) is 0.562. The van der Waals surface area contributed by atoms with E-state index in [4.69, 9.17) is 0 Å².